The van der Waals surface area contributed by atoms with E-state index in [2.05, 4.69) is 5.32 Å². The molecule has 0 bridgehead atoms. The summed E-state index contributed by atoms with van der Waals surface area (Å²) in [4.78, 5) is 0. The summed E-state index contributed by atoms with van der Waals surface area (Å²) in [6.07, 6.45) is 0. The summed E-state index contributed by atoms with van der Waals surface area (Å²) in [5.41, 5.74) is 0.682. The highest BCUT2D eigenvalue weighted by Crippen LogP contribution is 2.25. The van der Waals surface area contributed by atoms with Gasteiger partial charge in [0.15, 0.2) is 0 Å². The second kappa shape index (κ2) is 7.38. The SMILES string of the molecule is CCNC(COCCOC)c1cc2cc(F)ccc2o1. The Balaban J connectivity index is 2.09. The average molecular weight is 281 g/mol. The van der Waals surface area contributed by atoms with Crippen LogP contribution in [0.2, 0.25) is 0 Å². The molecule has 0 aliphatic heterocycles. The monoisotopic (exact) mass is 281 g/mol. The Bertz CT molecular complexity index is 541. The van der Waals surface area contributed by atoms with Crippen LogP contribution in [0.1, 0.15) is 18.7 Å². The number of halogens is 1. The first-order valence-corrected chi connectivity index (χ1v) is 6.73. The van der Waals surface area contributed by atoms with Crippen LogP contribution >= 0.6 is 0 Å². The quantitative estimate of drug-likeness (QED) is 0.756. The van der Waals surface area contributed by atoms with Gasteiger partial charge in [-0.05, 0) is 30.8 Å². The molecule has 2 rings (SSSR count). The van der Waals surface area contributed by atoms with Crippen LogP contribution in [0.25, 0.3) is 11.0 Å². The Morgan fingerprint density at radius 2 is 2.15 bits per heavy atom. The minimum absolute atomic E-state index is 0.0488. The summed E-state index contributed by atoms with van der Waals surface area (Å²) in [5.74, 6) is 0.492. The highest BCUT2D eigenvalue weighted by molar-refractivity contribution is 5.78. The first-order chi connectivity index (χ1) is 9.74. The molecule has 0 fully saturated rings. The maximum absolute atomic E-state index is 13.2. The number of ether oxygens (including phenoxy) is 2. The molecule has 0 aliphatic rings. The molecule has 5 heteroatoms. The molecule has 1 aromatic heterocycles. The Morgan fingerprint density at radius 3 is 2.90 bits per heavy atom. The van der Waals surface area contributed by atoms with Crippen molar-refractivity contribution in [1.82, 2.24) is 5.32 Å². The third-order valence-corrected chi connectivity index (χ3v) is 3.01. The van der Waals surface area contributed by atoms with Gasteiger partial charge in [-0.2, -0.15) is 0 Å². The number of nitrogens with one attached hydrogen (secondary N) is 1. The zero-order valence-corrected chi connectivity index (χ0v) is 11.8. The summed E-state index contributed by atoms with van der Waals surface area (Å²) in [7, 11) is 1.64. The predicted octanol–water partition coefficient (Wildman–Crippen LogP) is 2.89. The molecule has 1 N–H and O–H groups in total. The second-order valence-corrected chi connectivity index (χ2v) is 4.51. The van der Waals surface area contributed by atoms with Crippen molar-refractivity contribution in [3.63, 3.8) is 0 Å². The molecule has 20 heavy (non-hydrogen) atoms. The van der Waals surface area contributed by atoms with Gasteiger partial charge < -0.3 is 19.2 Å². The molecule has 0 saturated carbocycles. The van der Waals surface area contributed by atoms with Crippen molar-refractivity contribution >= 4 is 11.0 Å². The van der Waals surface area contributed by atoms with Gasteiger partial charge in [0.25, 0.3) is 0 Å². The maximum atomic E-state index is 13.2. The number of rotatable bonds is 8. The molecule has 1 atom stereocenters. The van der Waals surface area contributed by atoms with Crippen LogP contribution in [0.3, 0.4) is 0 Å². The minimum Gasteiger partial charge on any atom is -0.459 e. The molecule has 0 aliphatic carbocycles. The fourth-order valence-electron chi connectivity index (χ4n) is 2.04. The fourth-order valence-corrected chi connectivity index (χ4v) is 2.04. The van der Waals surface area contributed by atoms with Gasteiger partial charge in [-0.1, -0.05) is 6.92 Å². The van der Waals surface area contributed by atoms with Crippen molar-refractivity contribution in [3.8, 4) is 0 Å². The highest BCUT2D eigenvalue weighted by Gasteiger charge is 2.16. The average Bonchev–Trinajstić information content (AvgIpc) is 2.85. The van der Waals surface area contributed by atoms with Crippen LogP contribution in [0, 0.1) is 5.82 Å². The van der Waals surface area contributed by atoms with Crippen LogP contribution in [0.5, 0.6) is 0 Å². The van der Waals surface area contributed by atoms with Gasteiger partial charge in [0.2, 0.25) is 0 Å². The lowest BCUT2D eigenvalue weighted by Crippen LogP contribution is -2.25. The van der Waals surface area contributed by atoms with Crippen LogP contribution in [-0.2, 0) is 9.47 Å². The summed E-state index contributed by atoms with van der Waals surface area (Å²) in [5, 5.41) is 4.06. The third kappa shape index (κ3) is 3.79. The summed E-state index contributed by atoms with van der Waals surface area (Å²) in [6.45, 7) is 4.39. The molecule has 0 saturated heterocycles. The van der Waals surface area contributed by atoms with Crippen molar-refractivity contribution in [2.75, 3.05) is 33.5 Å². The lowest BCUT2D eigenvalue weighted by molar-refractivity contribution is 0.0559. The Hall–Kier alpha value is -1.43. The van der Waals surface area contributed by atoms with Gasteiger partial charge in [0.05, 0.1) is 25.9 Å². The van der Waals surface area contributed by atoms with Crippen molar-refractivity contribution < 1.29 is 18.3 Å². The van der Waals surface area contributed by atoms with E-state index < -0.39 is 0 Å². The zero-order chi connectivity index (χ0) is 14.4. The largest absolute Gasteiger partial charge is 0.459 e. The smallest absolute Gasteiger partial charge is 0.134 e. The van der Waals surface area contributed by atoms with E-state index in [1.807, 2.05) is 13.0 Å². The van der Waals surface area contributed by atoms with E-state index in [9.17, 15) is 4.39 Å². The Morgan fingerprint density at radius 1 is 1.30 bits per heavy atom. The standard InChI is InChI=1S/C15H20FNO3/c1-3-17-13(10-19-7-6-18-2)15-9-11-8-12(16)4-5-14(11)20-15/h4-5,8-9,13,17H,3,6-7,10H2,1-2H3. The number of hydrogen-bond acceptors (Lipinski definition) is 4. The number of methoxy groups -OCH3 is 1. The van der Waals surface area contributed by atoms with Gasteiger partial charge in [0, 0.05) is 12.5 Å². The highest BCUT2D eigenvalue weighted by atomic mass is 19.1. The van der Waals surface area contributed by atoms with E-state index in [-0.39, 0.29) is 11.9 Å². The van der Waals surface area contributed by atoms with Crippen LogP contribution in [-0.4, -0.2) is 33.5 Å². The molecular formula is C15H20FNO3. The normalized spacial score (nSPS) is 12.9. The lowest BCUT2D eigenvalue weighted by atomic mass is 10.2. The predicted molar refractivity (Wildman–Crippen MR) is 75.3 cm³/mol. The minimum atomic E-state index is -0.263. The fraction of sp³-hybridized carbons (Fsp3) is 0.467. The second-order valence-electron chi connectivity index (χ2n) is 4.51. The molecule has 0 amide bonds. The Kier molecular flexibility index (Phi) is 5.52. The molecular weight excluding hydrogens is 261 g/mol. The Labute approximate surface area is 117 Å². The molecule has 2 aromatic rings. The van der Waals surface area contributed by atoms with E-state index in [0.717, 1.165) is 17.7 Å². The molecule has 1 unspecified atom stereocenters. The summed E-state index contributed by atoms with van der Waals surface area (Å²) >= 11 is 0. The van der Waals surface area contributed by atoms with Gasteiger partial charge in [-0.3, -0.25) is 0 Å². The lowest BCUT2D eigenvalue weighted by Gasteiger charge is -2.15. The van der Waals surface area contributed by atoms with E-state index in [1.165, 1.54) is 12.1 Å². The van der Waals surface area contributed by atoms with Crippen molar-refractivity contribution in [3.05, 3.63) is 35.8 Å². The van der Waals surface area contributed by atoms with E-state index in [0.29, 0.717) is 25.4 Å². The van der Waals surface area contributed by atoms with E-state index >= 15 is 0 Å². The number of likely N-dealkylation sites (N-methyl/N-ethyl adjacent to an activating group) is 1. The first kappa shape index (κ1) is 15.0. The van der Waals surface area contributed by atoms with Gasteiger partial charge in [0.1, 0.15) is 17.2 Å². The number of fused-ring (bicyclic) bond motifs is 1. The van der Waals surface area contributed by atoms with E-state index in [4.69, 9.17) is 13.9 Å². The molecule has 0 radical (unpaired) electrons. The van der Waals surface area contributed by atoms with Crippen LogP contribution in [0.15, 0.2) is 28.7 Å². The van der Waals surface area contributed by atoms with Crippen LogP contribution < -0.4 is 5.32 Å². The molecule has 110 valence electrons. The molecule has 1 heterocycles. The summed E-state index contributed by atoms with van der Waals surface area (Å²) < 4.78 is 29.4. The van der Waals surface area contributed by atoms with E-state index in [1.54, 1.807) is 13.2 Å². The van der Waals surface area contributed by atoms with Crippen molar-refractivity contribution in [2.24, 2.45) is 0 Å². The van der Waals surface area contributed by atoms with Crippen molar-refractivity contribution in [1.29, 1.82) is 0 Å². The first-order valence-electron chi connectivity index (χ1n) is 6.73. The molecule has 0 spiro atoms. The number of hydrogen-bond donors (Lipinski definition) is 1. The molecule has 4 nitrogen and oxygen atoms in total. The van der Waals surface area contributed by atoms with Gasteiger partial charge in [-0.25, -0.2) is 4.39 Å². The number of furan rings is 1. The molecule has 1 aromatic carbocycles. The van der Waals surface area contributed by atoms with Gasteiger partial charge >= 0.3 is 0 Å². The van der Waals surface area contributed by atoms with Crippen molar-refractivity contribution in [2.45, 2.75) is 13.0 Å². The summed E-state index contributed by atoms with van der Waals surface area (Å²) in [6, 6.07) is 6.31. The zero-order valence-electron chi connectivity index (χ0n) is 11.8. The van der Waals surface area contributed by atoms with Gasteiger partial charge in [-0.15, -0.1) is 0 Å². The van der Waals surface area contributed by atoms with Crippen LogP contribution in [0.4, 0.5) is 4.39 Å². The number of benzene rings is 1. The topological polar surface area (TPSA) is 43.6 Å². The third-order valence-electron chi connectivity index (χ3n) is 3.01. The maximum Gasteiger partial charge on any atom is 0.134 e.